The lowest BCUT2D eigenvalue weighted by atomic mass is 10.0. The van der Waals surface area contributed by atoms with E-state index in [1.165, 1.54) is 16.7 Å². The van der Waals surface area contributed by atoms with Crippen LogP contribution in [0.3, 0.4) is 0 Å². The van der Waals surface area contributed by atoms with Gasteiger partial charge in [0.15, 0.2) is 0 Å². The van der Waals surface area contributed by atoms with Crippen LogP contribution in [0.2, 0.25) is 0 Å². The van der Waals surface area contributed by atoms with Crippen molar-refractivity contribution in [2.24, 2.45) is 0 Å². The Morgan fingerprint density at radius 2 is 2.11 bits per heavy atom. The molecule has 18 heavy (non-hydrogen) atoms. The standard InChI is InChI=1S/C14H18BrN3/c1-4-18-9-12(8-17-18)14(16-3)11-5-10(2)6-13(15)7-11/h5-9,14,16H,4H2,1-3H3. The molecule has 2 aromatic rings. The summed E-state index contributed by atoms with van der Waals surface area (Å²) in [4.78, 5) is 0. The number of halogens is 1. The van der Waals surface area contributed by atoms with Gasteiger partial charge in [-0.2, -0.15) is 5.10 Å². The molecule has 96 valence electrons. The van der Waals surface area contributed by atoms with Gasteiger partial charge in [-0.1, -0.05) is 22.0 Å². The number of rotatable bonds is 4. The fourth-order valence-corrected chi connectivity index (χ4v) is 2.78. The Balaban J connectivity index is 2.38. The van der Waals surface area contributed by atoms with Gasteiger partial charge in [0.2, 0.25) is 0 Å². The monoisotopic (exact) mass is 307 g/mol. The molecule has 1 aromatic carbocycles. The number of aryl methyl sites for hydroxylation is 2. The molecule has 4 heteroatoms. The number of nitrogens with one attached hydrogen (secondary N) is 1. The third-order valence-corrected chi connectivity index (χ3v) is 3.45. The Hall–Kier alpha value is -1.13. The van der Waals surface area contributed by atoms with Crippen molar-refractivity contribution in [1.82, 2.24) is 15.1 Å². The highest BCUT2D eigenvalue weighted by molar-refractivity contribution is 9.10. The highest BCUT2D eigenvalue weighted by atomic mass is 79.9. The van der Waals surface area contributed by atoms with Crippen molar-refractivity contribution < 1.29 is 0 Å². The lowest BCUT2D eigenvalue weighted by Gasteiger charge is -2.16. The van der Waals surface area contributed by atoms with Crippen LogP contribution in [-0.2, 0) is 6.54 Å². The third kappa shape index (κ3) is 2.82. The smallest absolute Gasteiger partial charge is 0.0605 e. The van der Waals surface area contributed by atoms with E-state index >= 15 is 0 Å². The normalized spacial score (nSPS) is 12.7. The Morgan fingerprint density at radius 1 is 1.33 bits per heavy atom. The maximum absolute atomic E-state index is 4.34. The molecule has 0 aliphatic carbocycles. The van der Waals surface area contributed by atoms with Gasteiger partial charge in [0.1, 0.15) is 0 Å². The lowest BCUT2D eigenvalue weighted by Crippen LogP contribution is -2.17. The number of benzene rings is 1. The molecule has 3 nitrogen and oxygen atoms in total. The highest BCUT2D eigenvalue weighted by Gasteiger charge is 2.14. The molecule has 1 atom stereocenters. The van der Waals surface area contributed by atoms with Gasteiger partial charge in [0.05, 0.1) is 12.2 Å². The summed E-state index contributed by atoms with van der Waals surface area (Å²) >= 11 is 3.55. The summed E-state index contributed by atoms with van der Waals surface area (Å²) in [5.41, 5.74) is 3.69. The molecule has 1 N–H and O–H groups in total. The van der Waals surface area contributed by atoms with Crippen LogP contribution in [0.4, 0.5) is 0 Å². The van der Waals surface area contributed by atoms with Crippen molar-refractivity contribution in [3.63, 3.8) is 0 Å². The number of hydrogen-bond acceptors (Lipinski definition) is 2. The van der Waals surface area contributed by atoms with Gasteiger partial charge in [-0.3, -0.25) is 4.68 Å². The van der Waals surface area contributed by atoms with Crippen molar-refractivity contribution >= 4 is 15.9 Å². The van der Waals surface area contributed by atoms with E-state index in [9.17, 15) is 0 Å². The first kappa shape index (κ1) is 13.3. The Labute approximate surface area is 116 Å². The van der Waals surface area contributed by atoms with Gasteiger partial charge < -0.3 is 5.32 Å². The average molecular weight is 308 g/mol. The quantitative estimate of drug-likeness (QED) is 0.939. The van der Waals surface area contributed by atoms with Crippen LogP contribution in [0.5, 0.6) is 0 Å². The number of nitrogens with zero attached hydrogens (tertiary/aromatic N) is 2. The van der Waals surface area contributed by atoms with Crippen molar-refractivity contribution in [3.8, 4) is 0 Å². The first-order valence-corrected chi connectivity index (χ1v) is 6.90. The molecule has 0 aliphatic rings. The zero-order chi connectivity index (χ0) is 13.1. The van der Waals surface area contributed by atoms with Crippen molar-refractivity contribution in [1.29, 1.82) is 0 Å². The fraction of sp³-hybridized carbons (Fsp3) is 0.357. The van der Waals surface area contributed by atoms with Gasteiger partial charge in [-0.15, -0.1) is 0 Å². The predicted octanol–water partition coefficient (Wildman–Crippen LogP) is 3.28. The van der Waals surface area contributed by atoms with E-state index in [4.69, 9.17) is 0 Å². The van der Waals surface area contributed by atoms with E-state index in [1.807, 2.05) is 17.9 Å². The van der Waals surface area contributed by atoms with Gasteiger partial charge in [-0.25, -0.2) is 0 Å². The molecule has 0 saturated carbocycles. The zero-order valence-corrected chi connectivity index (χ0v) is 12.5. The topological polar surface area (TPSA) is 29.9 Å². The minimum Gasteiger partial charge on any atom is -0.309 e. The average Bonchev–Trinajstić information content (AvgIpc) is 2.77. The second-order valence-corrected chi connectivity index (χ2v) is 5.33. The van der Waals surface area contributed by atoms with Crippen LogP contribution in [0.15, 0.2) is 35.1 Å². The maximum Gasteiger partial charge on any atom is 0.0605 e. The molecule has 0 saturated heterocycles. The Morgan fingerprint density at radius 3 is 2.67 bits per heavy atom. The van der Waals surface area contributed by atoms with Crippen LogP contribution >= 0.6 is 15.9 Å². The lowest BCUT2D eigenvalue weighted by molar-refractivity contribution is 0.653. The van der Waals surface area contributed by atoms with E-state index in [0.29, 0.717) is 0 Å². The highest BCUT2D eigenvalue weighted by Crippen LogP contribution is 2.25. The summed E-state index contributed by atoms with van der Waals surface area (Å²) in [6, 6.07) is 6.65. The van der Waals surface area contributed by atoms with Crippen molar-refractivity contribution in [2.75, 3.05) is 7.05 Å². The summed E-state index contributed by atoms with van der Waals surface area (Å²) < 4.78 is 3.06. The van der Waals surface area contributed by atoms with Crippen molar-refractivity contribution in [3.05, 3.63) is 51.8 Å². The van der Waals surface area contributed by atoms with E-state index < -0.39 is 0 Å². The molecule has 0 aliphatic heterocycles. The summed E-state index contributed by atoms with van der Waals surface area (Å²) in [6.07, 6.45) is 4.03. The van der Waals surface area contributed by atoms with Gasteiger partial charge in [0.25, 0.3) is 0 Å². The van der Waals surface area contributed by atoms with Crippen LogP contribution in [0.1, 0.15) is 29.7 Å². The number of aromatic nitrogens is 2. The van der Waals surface area contributed by atoms with Crippen LogP contribution in [0.25, 0.3) is 0 Å². The second kappa shape index (κ2) is 5.67. The molecule has 1 heterocycles. The largest absolute Gasteiger partial charge is 0.309 e. The van der Waals surface area contributed by atoms with Gasteiger partial charge >= 0.3 is 0 Å². The summed E-state index contributed by atoms with van der Waals surface area (Å²) in [6.45, 7) is 5.10. The summed E-state index contributed by atoms with van der Waals surface area (Å²) in [7, 11) is 1.98. The molecule has 2 rings (SSSR count). The molecule has 0 spiro atoms. The Bertz CT molecular complexity index is 513. The fourth-order valence-electron chi connectivity index (χ4n) is 2.16. The first-order chi connectivity index (χ1) is 8.63. The third-order valence-electron chi connectivity index (χ3n) is 3.00. The first-order valence-electron chi connectivity index (χ1n) is 6.10. The second-order valence-electron chi connectivity index (χ2n) is 4.41. The summed E-state index contributed by atoms with van der Waals surface area (Å²) in [5, 5.41) is 7.69. The van der Waals surface area contributed by atoms with Gasteiger partial charge in [0, 0.05) is 22.8 Å². The predicted molar refractivity (Wildman–Crippen MR) is 77.7 cm³/mol. The van der Waals surface area contributed by atoms with E-state index in [0.717, 1.165) is 11.0 Å². The van der Waals surface area contributed by atoms with Crippen molar-refractivity contribution in [2.45, 2.75) is 26.4 Å². The SMILES string of the molecule is CCn1cc(C(NC)c2cc(C)cc(Br)c2)cn1. The molecule has 1 unspecified atom stereocenters. The molecule has 0 bridgehead atoms. The number of hydrogen-bond donors (Lipinski definition) is 1. The van der Waals surface area contributed by atoms with E-state index in [1.54, 1.807) is 0 Å². The maximum atomic E-state index is 4.34. The zero-order valence-electron chi connectivity index (χ0n) is 10.9. The van der Waals surface area contributed by atoms with Crippen LogP contribution in [-0.4, -0.2) is 16.8 Å². The minimum atomic E-state index is 0.182. The molecule has 1 aromatic heterocycles. The molecule has 0 fully saturated rings. The molecular formula is C14H18BrN3. The summed E-state index contributed by atoms with van der Waals surface area (Å²) in [5.74, 6) is 0. The van der Waals surface area contributed by atoms with Gasteiger partial charge in [-0.05, 0) is 44.2 Å². The minimum absolute atomic E-state index is 0.182. The van der Waals surface area contributed by atoms with Crippen LogP contribution < -0.4 is 5.32 Å². The molecule has 0 radical (unpaired) electrons. The molecular weight excluding hydrogens is 290 g/mol. The van der Waals surface area contributed by atoms with E-state index in [2.05, 4.69) is 64.6 Å². The van der Waals surface area contributed by atoms with E-state index in [-0.39, 0.29) is 6.04 Å². The Kier molecular flexibility index (Phi) is 4.19. The van der Waals surface area contributed by atoms with Crippen LogP contribution in [0, 0.1) is 6.92 Å². The molecule has 0 amide bonds.